The van der Waals surface area contributed by atoms with Crippen molar-refractivity contribution in [2.24, 2.45) is 4.15 Å². The van der Waals surface area contributed by atoms with Crippen LogP contribution in [0.15, 0.2) is 64.8 Å². The van der Waals surface area contributed by atoms with Crippen LogP contribution >= 0.6 is 7.71 Å². The highest BCUT2D eigenvalue weighted by Crippen LogP contribution is 2.33. The molecule has 3 nitrogen and oxygen atoms in total. The fraction of sp³-hybridized carbons (Fsp3) is 0.0769. The van der Waals surface area contributed by atoms with Gasteiger partial charge in [0.15, 0.2) is 0 Å². The van der Waals surface area contributed by atoms with Gasteiger partial charge in [-0.2, -0.15) is 25.7 Å². The Morgan fingerprint density at radius 2 is 1.19 bits per heavy atom. The molecule has 0 saturated heterocycles. The predicted molar refractivity (Wildman–Crippen MR) is 77.9 cm³/mol. The highest BCUT2D eigenvalue weighted by atomic mass is 32.2. The number of hydrogen-bond acceptors (Lipinski definition) is 2. The lowest BCUT2D eigenvalue weighted by Crippen LogP contribution is -2.21. The maximum atomic E-state index is 12.6. The summed E-state index contributed by atoms with van der Waals surface area (Å²) < 4.78 is 63.5. The number of hydrogen-bond donors (Lipinski definition) is 0. The zero-order chi connectivity index (χ0) is 15.5. The van der Waals surface area contributed by atoms with Crippen LogP contribution in [0, 0.1) is 0 Å². The molecule has 0 N–H and O–H groups in total. The first-order chi connectivity index (χ1) is 9.81. The molecule has 0 bridgehead atoms. The van der Waals surface area contributed by atoms with Gasteiger partial charge < -0.3 is 0 Å². The van der Waals surface area contributed by atoms with Crippen molar-refractivity contribution >= 4 is 28.3 Å². The van der Waals surface area contributed by atoms with Crippen LogP contribution in [0.4, 0.5) is 13.2 Å². The van der Waals surface area contributed by atoms with Gasteiger partial charge in [0.05, 0.1) is 0 Å². The average Bonchev–Trinajstić information content (AvgIpc) is 2.45. The Bertz CT molecular complexity index is 702. The molecule has 0 amide bonds. The molecule has 112 valence electrons. The fourth-order valence-electron chi connectivity index (χ4n) is 1.64. The smallest absolute Gasteiger partial charge is 0.195 e. The van der Waals surface area contributed by atoms with Gasteiger partial charge in [0.1, 0.15) is 0 Å². The third kappa shape index (κ3) is 3.74. The second-order valence-electron chi connectivity index (χ2n) is 4.09. The molecule has 0 atom stereocenters. The molecule has 0 aliphatic carbocycles. The van der Waals surface area contributed by atoms with Crippen LogP contribution in [0.25, 0.3) is 0 Å². The van der Waals surface area contributed by atoms with E-state index in [1.807, 2.05) is 0 Å². The Labute approximate surface area is 121 Å². The standard InChI is InChI=1S/C13H11F3NO2PS/c14-13(15,16)21(18,19)17-20(11-7-3-1-4-8-11)12-9-5-2-6-10-12/h1-10,20H. The van der Waals surface area contributed by atoms with Crippen molar-refractivity contribution in [1.82, 2.24) is 0 Å². The van der Waals surface area contributed by atoms with Gasteiger partial charge in [-0.3, -0.25) is 0 Å². The van der Waals surface area contributed by atoms with Crippen LogP contribution in [0.3, 0.4) is 0 Å². The minimum Gasteiger partial charge on any atom is -0.195 e. The summed E-state index contributed by atoms with van der Waals surface area (Å²) in [4.78, 5) is 0. The second-order valence-corrected chi connectivity index (χ2v) is 8.09. The van der Waals surface area contributed by atoms with E-state index in [1.165, 1.54) is 0 Å². The van der Waals surface area contributed by atoms with E-state index in [-0.39, 0.29) is 0 Å². The molecule has 0 spiro atoms. The predicted octanol–water partition coefficient (Wildman–Crippen LogP) is 2.88. The van der Waals surface area contributed by atoms with Crippen LogP contribution in [0.1, 0.15) is 0 Å². The maximum Gasteiger partial charge on any atom is 0.518 e. The number of nitrogens with zero attached hydrogens (tertiary/aromatic N) is 1. The first-order valence-corrected chi connectivity index (χ1v) is 8.72. The van der Waals surface area contributed by atoms with Crippen LogP contribution < -0.4 is 10.6 Å². The van der Waals surface area contributed by atoms with Crippen molar-refractivity contribution in [2.45, 2.75) is 5.51 Å². The quantitative estimate of drug-likeness (QED) is 0.811. The highest BCUT2D eigenvalue weighted by molar-refractivity contribution is 7.94. The zero-order valence-corrected chi connectivity index (χ0v) is 12.4. The summed E-state index contributed by atoms with van der Waals surface area (Å²) in [6.07, 6.45) is 0. The van der Waals surface area contributed by atoms with Crippen LogP contribution in [0.2, 0.25) is 0 Å². The molecule has 2 aromatic carbocycles. The molecular formula is C13H11F3NO2PS. The van der Waals surface area contributed by atoms with E-state index >= 15 is 0 Å². The van der Waals surface area contributed by atoms with Crippen molar-refractivity contribution in [2.75, 3.05) is 0 Å². The van der Waals surface area contributed by atoms with Gasteiger partial charge in [0, 0.05) is 7.71 Å². The van der Waals surface area contributed by atoms with E-state index in [0.717, 1.165) is 0 Å². The molecule has 2 rings (SSSR count). The Hall–Kier alpha value is -1.59. The Morgan fingerprint density at radius 1 is 0.810 bits per heavy atom. The van der Waals surface area contributed by atoms with E-state index in [1.54, 1.807) is 60.7 Å². The Balaban J connectivity index is 2.64. The highest BCUT2D eigenvalue weighted by Gasteiger charge is 2.46. The van der Waals surface area contributed by atoms with Crippen molar-refractivity contribution < 1.29 is 21.6 Å². The Morgan fingerprint density at radius 3 is 1.52 bits per heavy atom. The van der Waals surface area contributed by atoms with Gasteiger partial charge in [0.2, 0.25) is 0 Å². The molecule has 2 aromatic rings. The topological polar surface area (TPSA) is 46.5 Å². The summed E-state index contributed by atoms with van der Waals surface area (Å²) in [6.45, 7) is 0. The molecule has 0 heterocycles. The third-order valence-electron chi connectivity index (χ3n) is 2.60. The largest absolute Gasteiger partial charge is 0.518 e. The van der Waals surface area contributed by atoms with Gasteiger partial charge in [-0.05, 0) is 10.6 Å². The SMILES string of the molecule is O=S(=O)(N=[PH](c1ccccc1)c1ccccc1)C(F)(F)F. The van der Waals surface area contributed by atoms with Crippen molar-refractivity contribution in [3.8, 4) is 0 Å². The van der Waals surface area contributed by atoms with E-state index in [4.69, 9.17) is 0 Å². The molecule has 0 aromatic heterocycles. The number of benzene rings is 2. The Kier molecular flexibility index (Phi) is 4.54. The normalized spacial score (nSPS) is 12.4. The van der Waals surface area contributed by atoms with E-state index in [9.17, 15) is 21.6 Å². The van der Waals surface area contributed by atoms with E-state index in [0.29, 0.717) is 10.6 Å². The number of sulfonamides is 1. The second kappa shape index (κ2) is 6.03. The van der Waals surface area contributed by atoms with Crippen molar-refractivity contribution in [3.05, 3.63) is 60.7 Å². The molecule has 0 radical (unpaired) electrons. The summed E-state index contributed by atoms with van der Waals surface area (Å²) in [5, 5.41) is 0.947. The minimum atomic E-state index is -5.52. The number of alkyl halides is 3. The monoisotopic (exact) mass is 333 g/mol. The molecular weight excluding hydrogens is 322 g/mol. The number of halogens is 3. The van der Waals surface area contributed by atoms with Gasteiger partial charge in [-0.15, -0.1) is 0 Å². The van der Waals surface area contributed by atoms with Crippen LogP contribution in [-0.4, -0.2) is 13.9 Å². The first kappa shape index (κ1) is 15.8. The molecule has 8 heteroatoms. The molecule has 0 fully saturated rings. The zero-order valence-electron chi connectivity index (χ0n) is 10.6. The maximum absolute atomic E-state index is 12.6. The van der Waals surface area contributed by atoms with E-state index in [2.05, 4.69) is 4.15 Å². The van der Waals surface area contributed by atoms with Crippen LogP contribution in [0.5, 0.6) is 0 Å². The molecule has 21 heavy (non-hydrogen) atoms. The summed E-state index contributed by atoms with van der Waals surface area (Å²) in [5.41, 5.74) is -5.38. The summed E-state index contributed by atoms with van der Waals surface area (Å²) >= 11 is 0. The average molecular weight is 333 g/mol. The number of rotatable bonds is 3. The van der Waals surface area contributed by atoms with Gasteiger partial charge in [-0.1, -0.05) is 60.7 Å². The van der Waals surface area contributed by atoms with Crippen molar-refractivity contribution in [3.63, 3.8) is 0 Å². The first-order valence-electron chi connectivity index (χ1n) is 5.83. The summed E-state index contributed by atoms with van der Waals surface area (Å²) in [7, 11) is -7.95. The van der Waals surface area contributed by atoms with Gasteiger partial charge in [0.25, 0.3) is 0 Å². The van der Waals surface area contributed by atoms with Gasteiger partial charge in [-0.25, -0.2) is 0 Å². The molecule has 0 unspecified atom stereocenters. The molecule has 0 aliphatic heterocycles. The summed E-state index contributed by atoms with van der Waals surface area (Å²) in [6, 6.07) is 16.3. The van der Waals surface area contributed by atoms with Crippen LogP contribution in [-0.2, 0) is 10.0 Å². The lowest BCUT2D eigenvalue weighted by molar-refractivity contribution is -0.0434. The van der Waals surface area contributed by atoms with Crippen molar-refractivity contribution in [1.29, 1.82) is 0 Å². The minimum absolute atomic E-state index is 0.474. The summed E-state index contributed by atoms with van der Waals surface area (Å²) in [5.74, 6) is 0. The fourth-order valence-corrected chi connectivity index (χ4v) is 5.20. The third-order valence-corrected chi connectivity index (χ3v) is 6.64. The van der Waals surface area contributed by atoms with E-state index < -0.39 is 23.2 Å². The lowest BCUT2D eigenvalue weighted by Gasteiger charge is -2.10. The molecule has 0 saturated carbocycles. The lowest BCUT2D eigenvalue weighted by atomic mass is 10.4. The van der Waals surface area contributed by atoms with Gasteiger partial charge >= 0.3 is 15.5 Å². The molecule has 0 aliphatic rings.